The number of amides is 2. The van der Waals surface area contributed by atoms with E-state index in [1.807, 2.05) is 4.98 Å². The Morgan fingerprint density at radius 2 is 1.93 bits per heavy atom. The van der Waals surface area contributed by atoms with Gasteiger partial charge in [0.1, 0.15) is 17.8 Å². The van der Waals surface area contributed by atoms with Gasteiger partial charge in [0, 0.05) is 25.1 Å². The number of guanidine groups is 2. The quantitative estimate of drug-likeness (QED) is 0.169. The summed E-state index contributed by atoms with van der Waals surface area (Å²) in [6.45, 7) is 0.195. The summed E-state index contributed by atoms with van der Waals surface area (Å²) in [5, 5.41) is 20.6. The fourth-order valence-corrected chi connectivity index (χ4v) is 7.73. The zero-order chi connectivity index (χ0) is 28.2. The lowest BCUT2D eigenvalue weighted by molar-refractivity contribution is -0.513. The summed E-state index contributed by atoms with van der Waals surface area (Å²) in [4.78, 5) is 63.1. The fraction of sp³-hybridized carbons (Fsp3) is 0.680. The first-order valence-electron chi connectivity index (χ1n) is 14.1. The molecule has 0 bridgehead atoms. The highest BCUT2D eigenvalue weighted by atomic mass is 16.3. The van der Waals surface area contributed by atoms with Gasteiger partial charge in [0.05, 0.1) is 6.04 Å². The van der Waals surface area contributed by atoms with Gasteiger partial charge in [0.25, 0.3) is 11.5 Å². The highest BCUT2D eigenvalue weighted by molar-refractivity contribution is 5.92. The maximum Gasteiger partial charge on any atom is 0.343 e. The van der Waals surface area contributed by atoms with Crippen LogP contribution in [0, 0.1) is 17.8 Å². The van der Waals surface area contributed by atoms with Crippen molar-refractivity contribution in [2.45, 2.75) is 74.8 Å². The van der Waals surface area contributed by atoms with Crippen molar-refractivity contribution in [3.63, 3.8) is 0 Å². The van der Waals surface area contributed by atoms with E-state index < -0.39 is 47.0 Å². The van der Waals surface area contributed by atoms with E-state index in [-0.39, 0.29) is 42.5 Å². The zero-order valence-corrected chi connectivity index (χ0v) is 22.1. The number of hydrogen-bond donors (Lipinski definition) is 9. The molecule has 1 spiro atoms. The molecule has 5 aliphatic rings. The Balaban J connectivity index is 1.19. The third-order valence-electron chi connectivity index (χ3n) is 9.45. The Morgan fingerprint density at radius 1 is 1.15 bits per heavy atom. The van der Waals surface area contributed by atoms with Gasteiger partial charge in [-0.1, -0.05) is 32.1 Å². The average Bonchev–Trinajstić information content (AvgIpc) is 3.42. The van der Waals surface area contributed by atoms with Crippen LogP contribution in [-0.2, 0) is 4.79 Å². The number of aromatic amines is 2. The number of hydrogen-bond acceptors (Lipinski definition) is 10. The van der Waals surface area contributed by atoms with E-state index >= 15 is 0 Å². The van der Waals surface area contributed by atoms with Crippen molar-refractivity contribution in [3.05, 3.63) is 32.6 Å². The van der Waals surface area contributed by atoms with E-state index in [4.69, 9.17) is 11.5 Å². The minimum absolute atomic E-state index is 0.0254. The number of nitrogens with two attached hydrogens (primary N) is 2. The summed E-state index contributed by atoms with van der Waals surface area (Å²) in [6.07, 6.45) is 6.63. The normalized spacial score (nSPS) is 36.3. The highest BCUT2D eigenvalue weighted by Crippen LogP contribution is 2.44. The standard InChI is InChI=1S/C25H36N10O5/c26-22-33-18-15(9-28-21(39)14-8-17(36)32-24(40)31-14)30-23(27)35-10-16(19(37)25(18,35)34-22)29-20(38)13-7-3-5-11-4-1-2-6-12(11)13/h8,11-13,15-16,18-19,37H,1-7,9-10H2,(H2,27,30)(H,28,39)(H,29,38)(H3,26,33,34)(H2,31,32,36,40)/p+1/t11?,12?,13?,15-,16?,18-,19+,25?/m0/s1. The van der Waals surface area contributed by atoms with Gasteiger partial charge in [0.15, 0.2) is 12.0 Å². The molecule has 3 fully saturated rings. The van der Waals surface area contributed by atoms with Crippen molar-refractivity contribution in [3.8, 4) is 0 Å². The van der Waals surface area contributed by atoms with Crippen molar-refractivity contribution >= 4 is 23.7 Å². The Hall–Kier alpha value is -3.88. The molecule has 216 valence electrons. The fourth-order valence-electron chi connectivity index (χ4n) is 7.73. The number of rotatable bonds is 5. The van der Waals surface area contributed by atoms with Gasteiger partial charge >= 0.3 is 11.6 Å². The third-order valence-corrected chi connectivity index (χ3v) is 9.45. The summed E-state index contributed by atoms with van der Waals surface area (Å²) < 4.78 is 0. The second-order valence-corrected chi connectivity index (χ2v) is 11.7. The van der Waals surface area contributed by atoms with E-state index in [0.717, 1.165) is 31.7 Å². The highest BCUT2D eigenvalue weighted by Gasteiger charge is 2.68. The molecule has 1 saturated heterocycles. The van der Waals surface area contributed by atoms with Crippen LogP contribution in [0.4, 0.5) is 0 Å². The van der Waals surface area contributed by atoms with Crippen LogP contribution in [0.1, 0.15) is 55.4 Å². The van der Waals surface area contributed by atoms with Gasteiger partial charge in [-0.2, -0.15) is 0 Å². The second-order valence-electron chi connectivity index (χ2n) is 11.7. The molecule has 6 rings (SSSR count). The number of carbonyl (C=O) groups excluding carboxylic acids is 2. The minimum atomic E-state index is -1.21. The second kappa shape index (κ2) is 9.94. The average molecular weight is 558 g/mol. The molecular weight excluding hydrogens is 520 g/mol. The predicted octanol–water partition coefficient (Wildman–Crippen LogP) is -4.68. The van der Waals surface area contributed by atoms with E-state index in [0.29, 0.717) is 11.8 Å². The maximum absolute atomic E-state index is 13.6. The molecular formula is C25H37N10O5+. The van der Waals surface area contributed by atoms with E-state index in [1.54, 1.807) is 4.90 Å². The van der Waals surface area contributed by atoms with Crippen LogP contribution < -0.4 is 43.7 Å². The summed E-state index contributed by atoms with van der Waals surface area (Å²) in [7, 11) is 0. The number of aromatic nitrogens is 2. The van der Waals surface area contributed by atoms with Crippen LogP contribution in [0.25, 0.3) is 0 Å². The van der Waals surface area contributed by atoms with Gasteiger partial charge in [0.2, 0.25) is 11.6 Å². The van der Waals surface area contributed by atoms with Gasteiger partial charge in [-0.15, -0.1) is 0 Å². The van der Waals surface area contributed by atoms with Crippen LogP contribution in [0.15, 0.2) is 20.6 Å². The SMILES string of the molecule is NC1=N[C@@H](CNC(=O)c2cc(=O)[nH]c(=O)[nH]2)[C@@H]2[NH+]=C(N)NC23[C@H](O)C(NC(=O)C2CCCC4CCCCC42)CN13. The minimum Gasteiger partial charge on any atom is -0.385 e. The van der Waals surface area contributed by atoms with Gasteiger partial charge in [-0.25, -0.2) is 15.1 Å². The number of carbonyl (C=O) groups is 2. The van der Waals surface area contributed by atoms with E-state index in [2.05, 4.69) is 30.9 Å². The number of aliphatic hydroxyl groups is 1. The number of aliphatic imine (C=N–C) groups is 1. The van der Waals surface area contributed by atoms with Crippen LogP contribution in [-0.4, -0.2) is 86.7 Å². The Labute approximate surface area is 229 Å². The van der Waals surface area contributed by atoms with Crippen LogP contribution in [0.3, 0.4) is 0 Å². The topological polar surface area (TPSA) is 238 Å². The van der Waals surface area contributed by atoms with Crippen molar-refractivity contribution < 1.29 is 19.7 Å². The predicted molar refractivity (Wildman–Crippen MR) is 143 cm³/mol. The molecule has 1 aromatic heterocycles. The van der Waals surface area contributed by atoms with Crippen molar-refractivity contribution in [1.29, 1.82) is 0 Å². The van der Waals surface area contributed by atoms with Gasteiger partial charge in [-0.05, 0) is 24.7 Å². The number of H-pyrrole nitrogens is 2. The van der Waals surface area contributed by atoms with Crippen molar-refractivity contribution in [1.82, 2.24) is 30.8 Å². The molecule has 4 heterocycles. The number of nitrogens with zero attached hydrogens (tertiary/aromatic N) is 2. The van der Waals surface area contributed by atoms with Crippen molar-refractivity contribution in [2.24, 2.45) is 34.2 Å². The van der Waals surface area contributed by atoms with Gasteiger partial charge < -0.3 is 31.4 Å². The summed E-state index contributed by atoms with van der Waals surface area (Å²) in [5.41, 5.74) is 9.61. The Morgan fingerprint density at radius 3 is 2.73 bits per heavy atom. The molecule has 5 unspecified atom stereocenters. The molecule has 2 aliphatic carbocycles. The van der Waals surface area contributed by atoms with E-state index in [1.165, 1.54) is 19.3 Å². The lowest BCUT2D eigenvalue weighted by Gasteiger charge is -2.43. The number of fused-ring (bicyclic) bond motifs is 1. The smallest absolute Gasteiger partial charge is 0.343 e. The molecule has 1 aromatic rings. The molecule has 40 heavy (non-hydrogen) atoms. The molecule has 3 aliphatic heterocycles. The molecule has 2 amide bonds. The largest absolute Gasteiger partial charge is 0.385 e. The molecule has 15 heteroatoms. The monoisotopic (exact) mass is 557 g/mol. The maximum atomic E-state index is 13.6. The summed E-state index contributed by atoms with van der Waals surface area (Å²) in [6, 6.07) is -0.932. The lowest BCUT2D eigenvalue weighted by Crippen LogP contribution is -2.88. The molecule has 2 saturated carbocycles. The molecule has 0 radical (unpaired) electrons. The first-order chi connectivity index (χ1) is 19.2. The van der Waals surface area contributed by atoms with Crippen LogP contribution >= 0.6 is 0 Å². The molecule has 15 nitrogen and oxygen atoms in total. The summed E-state index contributed by atoms with van der Waals surface area (Å²) in [5.74, 6) is 0.559. The van der Waals surface area contributed by atoms with Crippen LogP contribution in [0.5, 0.6) is 0 Å². The van der Waals surface area contributed by atoms with Gasteiger partial charge in [-0.3, -0.25) is 30.1 Å². The zero-order valence-electron chi connectivity index (χ0n) is 22.1. The first-order valence-corrected chi connectivity index (χ1v) is 14.1. The van der Waals surface area contributed by atoms with Crippen molar-refractivity contribution in [2.75, 3.05) is 13.1 Å². The van der Waals surface area contributed by atoms with Crippen LogP contribution in [0.2, 0.25) is 0 Å². The molecule has 0 aromatic carbocycles. The summed E-state index contributed by atoms with van der Waals surface area (Å²) >= 11 is 0. The van der Waals surface area contributed by atoms with E-state index in [9.17, 15) is 24.3 Å². The Bertz CT molecular complexity index is 1340. The number of aliphatic hydroxyl groups excluding tert-OH is 1. The Kier molecular flexibility index (Phi) is 6.55. The molecule has 8 atom stereocenters. The third kappa shape index (κ3) is 4.32. The lowest BCUT2D eigenvalue weighted by atomic mass is 9.65. The number of nitrogens with one attached hydrogen (secondary N) is 6. The molecule has 11 N–H and O–H groups in total. The first kappa shape index (κ1) is 26.3.